The topological polar surface area (TPSA) is 102 Å². The molecule has 0 fully saturated rings. The van der Waals surface area contributed by atoms with E-state index in [9.17, 15) is 14.4 Å². The maximum Gasteiger partial charge on any atom is 0.321 e. The van der Waals surface area contributed by atoms with Crippen LogP contribution in [0.2, 0.25) is 0 Å². The fourth-order valence-corrected chi connectivity index (χ4v) is 5.25. The van der Waals surface area contributed by atoms with E-state index in [0.717, 1.165) is 41.4 Å². The minimum Gasteiger partial charge on any atom is -0.383 e. The second kappa shape index (κ2) is 8.41. The Labute approximate surface area is 164 Å². The number of hydrogen-bond donors (Lipinski definition) is 2. The number of rotatable bonds is 6. The summed E-state index contributed by atoms with van der Waals surface area (Å²) in [7, 11) is 3.01. The highest BCUT2D eigenvalue weighted by Gasteiger charge is 2.25. The molecular weight excluding hydrogens is 388 g/mol. The number of methoxy groups -OCH3 is 1. The predicted octanol–water partition coefficient (Wildman–Crippen LogP) is 1.53. The lowest BCUT2D eigenvalue weighted by molar-refractivity contribution is -0.119. The van der Waals surface area contributed by atoms with Crippen molar-refractivity contribution in [3.63, 3.8) is 0 Å². The Morgan fingerprint density at radius 3 is 2.89 bits per heavy atom. The number of urea groups is 1. The molecule has 2 aromatic heterocycles. The SMILES string of the molecule is CNC(=O)NC(=O)[C@H](C)Sc1nc2sc3c(c2c(=O)n1CCOC)CCC3. The monoisotopic (exact) mass is 410 g/mol. The maximum absolute atomic E-state index is 13.1. The molecule has 0 aliphatic heterocycles. The van der Waals surface area contributed by atoms with E-state index in [0.29, 0.717) is 23.7 Å². The molecule has 0 saturated carbocycles. The van der Waals surface area contributed by atoms with Crippen molar-refractivity contribution in [3.8, 4) is 0 Å². The van der Waals surface area contributed by atoms with Gasteiger partial charge in [0.2, 0.25) is 5.91 Å². The Morgan fingerprint density at radius 1 is 1.41 bits per heavy atom. The van der Waals surface area contributed by atoms with Gasteiger partial charge < -0.3 is 10.1 Å². The van der Waals surface area contributed by atoms with Crippen LogP contribution in [-0.2, 0) is 28.9 Å². The molecule has 1 aliphatic carbocycles. The Balaban J connectivity index is 1.97. The predicted molar refractivity (Wildman–Crippen MR) is 106 cm³/mol. The van der Waals surface area contributed by atoms with Gasteiger partial charge in [-0.15, -0.1) is 11.3 Å². The van der Waals surface area contributed by atoms with Crippen LogP contribution in [0.3, 0.4) is 0 Å². The van der Waals surface area contributed by atoms with Crippen LogP contribution in [0.1, 0.15) is 23.8 Å². The number of thioether (sulfide) groups is 1. The van der Waals surface area contributed by atoms with E-state index in [1.54, 1.807) is 29.9 Å². The molecule has 27 heavy (non-hydrogen) atoms. The molecule has 146 valence electrons. The zero-order chi connectivity index (χ0) is 19.6. The molecule has 10 heteroatoms. The number of nitrogens with zero attached hydrogens (tertiary/aromatic N) is 2. The van der Waals surface area contributed by atoms with E-state index in [2.05, 4.69) is 15.6 Å². The minimum atomic E-state index is -0.591. The number of imide groups is 1. The van der Waals surface area contributed by atoms with Crippen LogP contribution in [0, 0.1) is 0 Å². The summed E-state index contributed by atoms with van der Waals surface area (Å²) in [6.07, 6.45) is 2.97. The molecule has 0 saturated heterocycles. The molecule has 8 nitrogen and oxygen atoms in total. The molecule has 0 bridgehead atoms. The molecule has 2 N–H and O–H groups in total. The lowest BCUT2D eigenvalue weighted by Crippen LogP contribution is -2.41. The zero-order valence-corrected chi connectivity index (χ0v) is 17.1. The summed E-state index contributed by atoms with van der Waals surface area (Å²) in [5, 5.41) is 5.17. The highest BCUT2D eigenvalue weighted by atomic mass is 32.2. The molecule has 2 heterocycles. The third-order valence-electron chi connectivity index (χ3n) is 4.42. The van der Waals surface area contributed by atoms with E-state index in [4.69, 9.17) is 4.74 Å². The van der Waals surface area contributed by atoms with Gasteiger partial charge in [0.1, 0.15) is 4.83 Å². The van der Waals surface area contributed by atoms with Crippen LogP contribution in [0.25, 0.3) is 10.2 Å². The average Bonchev–Trinajstić information content (AvgIpc) is 3.21. The summed E-state index contributed by atoms with van der Waals surface area (Å²) >= 11 is 2.73. The van der Waals surface area contributed by atoms with E-state index < -0.39 is 17.2 Å². The lowest BCUT2D eigenvalue weighted by Gasteiger charge is -2.15. The van der Waals surface area contributed by atoms with Gasteiger partial charge in [0.15, 0.2) is 5.16 Å². The van der Waals surface area contributed by atoms with Gasteiger partial charge in [-0.1, -0.05) is 11.8 Å². The second-order valence-corrected chi connectivity index (χ2v) is 8.60. The van der Waals surface area contributed by atoms with Gasteiger partial charge in [-0.2, -0.15) is 0 Å². The van der Waals surface area contributed by atoms with E-state index in [1.165, 1.54) is 11.9 Å². The largest absolute Gasteiger partial charge is 0.383 e. The van der Waals surface area contributed by atoms with Crippen molar-refractivity contribution >= 4 is 45.3 Å². The third-order valence-corrected chi connectivity index (χ3v) is 6.70. The molecule has 3 amide bonds. The summed E-state index contributed by atoms with van der Waals surface area (Å²) < 4.78 is 6.71. The number of aromatic nitrogens is 2. The first kappa shape index (κ1) is 19.8. The number of amides is 3. The van der Waals surface area contributed by atoms with Crippen molar-refractivity contribution in [1.82, 2.24) is 20.2 Å². The molecule has 1 aliphatic rings. The van der Waals surface area contributed by atoms with Crippen LogP contribution >= 0.6 is 23.1 Å². The molecule has 0 aromatic carbocycles. The normalized spacial score (nSPS) is 14.2. The number of aryl methyl sites for hydroxylation is 2. The van der Waals surface area contributed by atoms with Crippen molar-refractivity contribution in [2.45, 2.75) is 43.1 Å². The van der Waals surface area contributed by atoms with Crippen molar-refractivity contribution < 1.29 is 14.3 Å². The first-order chi connectivity index (χ1) is 13.0. The van der Waals surface area contributed by atoms with Gasteiger partial charge in [0.25, 0.3) is 5.56 Å². The van der Waals surface area contributed by atoms with Gasteiger partial charge in [-0.05, 0) is 31.7 Å². The Morgan fingerprint density at radius 2 is 2.19 bits per heavy atom. The van der Waals surface area contributed by atoms with Crippen LogP contribution in [0.15, 0.2) is 9.95 Å². The van der Waals surface area contributed by atoms with E-state index in [-0.39, 0.29) is 5.56 Å². The molecule has 0 radical (unpaired) electrons. The number of ether oxygens (including phenoxy) is 1. The number of nitrogens with one attached hydrogen (secondary N) is 2. The smallest absolute Gasteiger partial charge is 0.321 e. The van der Waals surface area contributed by atoms with E-state index >= 15 is 0 Å². The lowest BCUT2D eigenvalue weighted by atomic mass is 10.2. The summed E-state index contributed by atoms with van der Waals surface area (Å²) in [5.41, 5.74) is 1.04. The third kappa shape index (κ3) is 4.02. The second-order valence-electron chi connectivity index (χ2n) is 6.21. The summed E-state index contributed by atoms with van der Waals surface area (Å²) in [6, 6.07) is -0.567. The summed E-state index contributed by atoms with van der Waals surface area (Å²) in [6.45, 7) is 2.40. The average molecular weight is 411 g/mol. The quantitative estimate of drug-likeness (QED) is 0.553. The molecule has 0 spiro atoms. The van der Waals surface area contributed by atoms with Crippen LogP contribution < -0.4 is 16.2 Å². The van der Waals surface area contributed by atoms with Gasteiger partial charge in [-0.25, -0.2) is 9.78 Å². The molecular formula is C17H22N4O4S2. The first-order valence-corrected chi connectivity index (χ1v) is 10.4. The highest BCUT2D eigenvalue weighted by Crippen LogP contribution is 2.36. The standard InChI is InChI=1S/C17H22N4O4S2/c1-9(13(22)19-16(24)18-2)26-17-20-14-12(10-5-4-6-11(10)27-14)15(23)21(17)7-8-25-3/h9H,4-8H2,1-3H3,(H2,18,19,22,24)/t9-/m0/s1. The van der Waals surface area contributed by atoms with Gasteiger partial charge in [0, 0.05) is 19.0 Å². The van der Waals surface area contributed by atoms with E-state index in [1.807, 2.05) is 0 Å². The van der Waals surface area contributed by atoms with Crippen molar-refractivity contribution in [2.24, 2.45) is 0 Å². The minimum absolute atomic E-state index is 0.0853. The van der Waals surface area contributed by atoms with Crippen LogP contribution in [-0.4, -0.2) is 47.5 Å². The molecule has 2 aromatic rings. The highest BCUT2D eigenvalue weighted by molar-refractivity contribution is 8.00. The number of carbonyl (C=O) groups excluding carboxylic acids is 2. The molecule has 1 atom stereocenters. The van der Waals surface area contributed by atoms with Crippen molar-refractivity contribution in [1.29, 1.82) is 0 Å². The van der Waals surface area contributed by atoms with Crippen LogP contribution in [0.5, 0.6) is 0 Å². The Hall–Kier alpha value is -1.91. The summed E-state index contributed by atoms with van der Waals surface area (Å²) in [5.74, 6) is -0.444. The van der Waals surface area contributed by atoms with Crippen LogP contribution in [0.4, 0.5) is 4.79 Å². The zero-order valence-electron chi connectivity index (χ0n) is 15.5. The fourth-order valence-electron chi connectivity index (χ4n) is 3.02. The Bertz CT molecular complexity index is 937. The first-order valence-electron chi connectivity index (χ1n) is 8.69. The maximum atomic E-state index is 13.1. The fraction of sp³-hybridized carbons (Fsp3) is 0.529. The van der Waals surface area contributed by atoms with Gasteiger partial charge in [0.05, 0.1) is 23.8 Å². The number of thiophene rings is 1. The Kier molecular flexibility index (Phi) is 6.18. The van der Waals surface area contributed by atoms with Gasteiger partial charge in [-0.3, -0.25) is 19.5 Å². The number of hydrogen-bond acceptors (Lipinski definition) is 7. The van der Waals surface area contributed by atoms with Crippen molar-refractivity contribution in [3.05, 3.63) is 20.8 Å². The number of carbonyl (C=O) groups is 2. The summed E-state index contributed by atoms with van der Waals surface area (Å²) in [4.78, 5) is 43.3. The molecule has 0 unspecified atom stereocenters. The number of fused-ring (bicyclic) bond motifs is 3. The molecule has 3 rings (SSSR count). The van der Waals surface area contributed by atoms with Crippen molar-refractivity contribution in [2.75, 3.05) is 20.8 Å². The van der Waals surface area contributed by atoms with Gasteiger partial charge >= 0.3 is 6.03 Å².